The molecule has 114 valence electrons. The third kappa shape index (κ3) is 3.26. The molecule has 2 heterocycles. The van der Waals surface area contributed by atoms with Gasteiger partial charge in [-0.2, -0.15) is 16.1 Å². The number of rotatable bonds is 5. The van der Waals surface area contributed by atoms with Gasteiger partial charge in [-0.05, 0) is 46.0 Å². The molecule has 0 radical (unpaired) electrons. The molecule has 0 amide bonds. The molecule has 0 bridgehead atoms. The van der Waals surface area contributed by atoms with Gasteiger partial charge >= 0.3 is 0 Å². The summed E-state index contributed by atoms with van der Waals surface area (Å²) in [5.41, 5.74) is 0.920. The van der Waals surface area contributed by atoms with Gasteiger partial charge in [-0.1, -0.05) is 29.8 Å². The lowest BCUT2D eigenvalue weighted by atomic mass is 10.1. The lowest BCUT2D eigenvalue weighted by Gasteiger charge is -2.17. The molecule has 1 N–H and O–H groups in total. The normalized spacial score (nSPS) is 13.1. The minimum absolute atomic E-state index is 0.0912. The van der Waals surface area contributed by atoms with Crippen LogP contribution in [0.15, 0.2) is 63.5 Å². The summed E-state index contributed by atoms with van der Waals surface area (Å²) in [6.45, 7) is 0. The highest BCUT2D eigenvalue weighted by atomic mass is 35.5. The van der Waals surface area contributed by atoms with Gasteiger partial charge in [0.2, 0.25) is 10.0 Å². The van der Waals surface area contributed by atoms with Crippen LogP contribution >= 0.6 is 34.3 Å². The van der Waals surface area contributed by atoms with Crippen LogP contribution in [-0.4, -0.2) is 8.42 Å². The molecular weight excluding hydrogens is 358 g/mol. The van der Waals surface area contributed by atoms with Gasteiger partial charge in [0.15, 0.2) is 0 Å². The monoisotopic (exact) mass is 369 g/mol. The van der Waals surface area contributed by atoms with Crippen molar-refractivity contribution in [3.63, 3.8) is 0 Å². The molecule has 0 aliphatic carbocycles. The molecule has 7 heteroatoms. The predicted octanol–water partition coefficient (Wildman–Crippen LogP) is 4.53. The predicted molar refractivity (Wildman–Crippen MR) is 92.3 cm³/mol. The lowest BCUT2D eigenvalue weighted by Crippen LogP contribution is -2.28. The van der Waals surface area contributed by atoms with E-state index in [-0.39, 0.29) is 9.92 Å². The average Bonchev–Trinajstić information content (AvgIpc) is 3.19. The summed E-state index contributed by atoms with van der Waals surface area (Å²) >= 11 is 9.08. The second-order valence-corrected chi connectivity index (χ2v) is 8.41. The Labute approximate surface area is 142 Å². The van der Waals surface area contributed by atoms with Crippen LogP contribution in [-0.2, 0) is 10.0 Å². The highest BCUT2D eigenvalue weighted by Gasteiger charge is 2.25. The third-order valence-corrected chi connectivity index (χ3v) is 6.66. The number of halogens is 1. The van der Waals surface area contributed by atoms with Crippen LogP contribution in [0.2, 0.25) is 5.02 Å². The summed E-state index contributed by atoms with van der Waals surface area (Å²) in [6, 6.07) is 11.8. The Morgan fingerprint density at radius 2 is 1.86 bits per heavy atom. The second kappa shape index (κ2) is 6.52. The van der Waals surface area contributed by atoms with Gasteiger partial charge in [0.1, 0.15) is 4.90 Å². The van der Waals surface area contributed by atoms with E-state index in [1.807, 2.05) is 34.3 Å². The van der Waals surface area contributed by atoms with E-state index in [9.17, 15) is 8.42 Å². The highest BCUT2D eigenvalue weighted by Crippen LogP contribution is 2.30. The molecule has 0 saturated heterocycles. The van der Waals surface area contributed by atoms with E-state index in [1.54, 1.807) is 18.2 Å². The van der Waals surface area contributed by atoms with E-state index in [2.05, 4.69) is 4.72 Å². The van der Waals surface area contributed by atoms with E-state index in [4.69, 9.17) is 11.6 Å². The van der Waals surface area contributed by atoms with Gasteiger partial charge in [0.05, 0.1) is 11.1 Å². The largest absolute Gasteiger partial charge is 0.242 e. The molecule has 1 atom stereocenters. The molecule has 22 heavy (non-hydrogen) atoms. The van der Waals surface area contributed by atoms with Gasteiger partial charge in [-0.25, -0.2) is 8.42 Å². The zero-order valence-corrected chi connectivity index (χ0v) is 14.5. The van der Waals surface area contributed by atoms with Crippen LogP contribution in [0.1, 0.15) is 16.5 Å². The summed E-state index contributed by atoms with van der Waals surface area (Å²) in [5, 5.41) is 6.02. The molecule has 0 saturated carbocycles. The Bertz CT molecular complexity index is 809. The van der Waals surface area contributed by atoms with E-state index in [0.29, 0.717) is 0 Å². The summed E-state index contributed by atoms with van der Waals surface area (Å²) < 4.78 is 28.1. The maximum atomic E-state index is 12.7. The first-order valence-electron chi connectivity index (χ1n) is 6.40. The van der Waals surface area contributed by atoms with Crippen molar-refractivity contribution in [1.29, 1.82) is 0 Å². The number of sulfonamides is 1. The molecule has 3 aromatic rings. The van der Waals surface area contributed by atoms with Crippen molar-refractivity contribution in [2.75, 3.05) is 0 Å². The van der Waals surface area contributed by atoms with Crippen LogP contribution in [0.3, 0.4) is 0 Å². The first kappa shape index (κ1) is 15.7. The molecule has 0 fully saturated rings. The van der Waals surface area contributed by atoms with E-state index in [0.717, 1.165) is 10.4 Å². The highest BCUT2D eigenvalue weighted by molar-refractivity contribution is 7.89. The van der Waals surface area contributed by atoms with Crippen LogP contribution in [0.4, 0.5) is 0 Å². The summed E-state index contributed by atoms with van der Waals surface area (Å²) in [7, 11) is -3.71. The zero-order valence-electron chi connectivity index (χ0n) is 11.3. The third-order valence-electron chi connectivity index (χ3n) is 3.10. The van der Waals surface area contributed by atoms with Gasteiger partial charge in [0, 0.05) is 4.88 Å². The van der Waals surface area contributed by atoms with Crippen molar-refractivity contribution in [2.24, 2.45) is 0 Å². The second-order valence-electron chi connectivity index (χ2n) is 4.56. The number of hydrogen-bond donors (Lipinski definition) is 1. The number of benzene rings is 1. The molecular formula is C15H12ClNO2S3. The SMILES string of the molecule is O=S(=O)(NC(c1ccsc1)c1cccs1)c1ccccc1Cl. The molecule has 2 aromatic heterocycles. The number of thiophene rings is 2. The van der Waals surface area contributed by atoms with Gasteiger partial charge in [-0.3, -0.25) is 0 Å². The number of nitrogens with one attached hydrogen (secondary N) is 1. The Balaban J connectivity index is 1.99. The maximum absolute atomic E-state index is 12.7. The fourth-order valence-electron chi connectivity index (χ4n) is 2.07. The van der Waals surface area contributed by atoms with Gasteiger partial charge in [-0.15, -0.1) is 11.3 Å². The van der Waals surface area contributed by atoms with Crippen molar-refractivity contribution in [3.05, 3.63) is 74.1 Å². The lowest BCUT2D eigenvalue weighted by molar-refractivity contribution is 0.573. The molecule has 0 spiro atoms. The summed E-state index contributed by atoms with van der Waals surface area (Å²) in [5.74, 6) is 0. The quantitative estimate of drug-likeness (QED) is 0.718. The van der Waals surface area contributed by atoms with Gasteiger partial charge < -0.3 is 0 Å². The average molecular weight is 370 g/mol. The summed E-state index contributed by atoms with van der Waals surface area (Å²) in [6.07, 6.45) is 0. The molecule has 3 rings (SSSR count). The molecule has 3 nitrogen and oxygen atoms in total. The Hall–Kier alpha value is -1.18. The minimum Gasteiger partial charge on any atom is -0.207 e. The van der Waals surface area contributed by atoms with E-state index < -0.39 is 16.1 Å². The fraction of sp³-hybridized carbons (Fsp3) is 0.0667. The molecule has 1 unspecified atom stereocenters. The van der Waals surface area contributed by atoms with Crippen molar-refractivity contribution >= 4 is 44.3 Å². The molecule has 1 aromatic carbocycles. The first-order valence-corrected chi connectivity index (χ1v) is 10.1. The van der Waals surface area contributed by atoms with Crippen LogP contribution in [0.25, 0.3) is 0 Å². The standard InChI is InChI=1S/C15H12ClNO2S3/c16-12-4-1-2-6-14(12)22(18,19)17-15(11-7-9-20-10-11)13-5-3-8-21-13/h1-10,15,17H. The van der Waals surface area contributed by atoms with E-state index >= 15 is 0 Å². The topological polar surface area (TPSA) is 46.2 Å². The van der Waals surface area contributed by atoms with Crippen LogP contribution < -0.4 is 4.72 Å². The van der Waals surface area contributed by atoms with Crippen LogP contribution in [0.5, 0.6) is 0 Å². The molecule has 0 aliphatic rings. The maximum Gasteiger partial charge on any atom is 0.242 e. The van der Waals surface area contributed by atoms with Crippen molar-refractivity contribution < 1.29 is 8.42 Å². The first-order chi connectivity index (χ1) is 10.6. The van der Waals surface area contributed by atoms with Gasteiger partial charge in [0.25, 0.3) is 0 Å². The Kier molecular flexibility index (Phi) is 4.65. The Morgan fingerprint density at radius 3 is 2.50 bits per heavy atom. The zero-order chi connectivity index (χ0) is 15.6. The van der Waals surface area contributed by atoms with Crippen molar-refractivity contribution in [1.82, 2.24) is 4.72 Å². The smallest absolute Gasteiger partial charge is 0.207 e. The van der Waals surface area contributed by atoms with E-state index in [1.165, 1.54) is 28.7 Å². The van der Waals surface area contributed by atoms with Crippen LogP contribution in [0, 0.1) is 0 Å². The Morgan fingerprint density at radius 1 is 1.05 bits per heavy atom. The van der Waals surface area contributed by atoms with Crippen molar-refractivity contribution in [3.8, 4) is 0 Å². The minimum atomic E-state index is -3.71. The molecule has 0 aliphatic heterocycles. The fourth-order valence-corrected chi connectivity index (χ4v) is 5.35. The summed E-state index contributed by atoms with van der Waals surface area (Å²) in [4.78, 5) is 1.03. The number of hydrogen-bond acceptors (Lipinski definition) is 4. The van der Waals surface area contributed by atoms with Crippen molar-refractivity contribution in [2.45, 2.75) is 10.9 Å².